The summed E-state index contributed by atoms with van der Waals surface area (Å²) in [6, 6.07) is 23.6. The van der Waals surface area contributed by atoms with Gasteiger partial charge in [0.1, 0.15) is 0 Å². The first-order valence-electron chi connectivity index (χ1n) is 11.7. The van der Waals surface area contributed by atoms with E-state index in [0.29, 0.717) is 18.5 Å². The Bertz CT molecular complexity index is 1390. The number of rotatable bonds is 9. The highest BCUT2D eigenvalue weighted by Gasteiger charge is 2.26. The van der Waals surface area contributed by atoms with Crippen LogP contribution in [0.1, 0.15) is 54.6 Å². The van der Waals surface area contributed by atoms with E-state index in [9.17, 15) is 14.4 Å². The van der Waals surface area contributed by atoms with Crippen molar-refractivity contribution in [3.8, 4) is 11.1 Å². The molecule has 0 saturated heterocycles. The van der Waals surface area contributed by atoms with Crippen molar-refractivity contribution in [3.05, 3.63) is 95.7 Å². The van der Waals surface area contributed by atoms with E-state index in [1.807, 2.05) is 73.8 Å². The Morgan fingerprint density at radius 1 is 0.861 bits per heavy atom. The van der Waals surface area contributed by atoms with Crippen LogP contribution < -0.4 is 0 Å². The molecule has 1 unspecified atom stereocenters. The number of carbonyl (C=O) groups excluding carboxylic acids is 3. The topological polar surface area (TPSA) is 83.8 Å². The number of Topliss-reactive ketones (excluding diaryl/α,β-unsaturated/α-hetero) is 1. The van der Waals surface area contributed by atoms with E-state index in [1.165, 1.54) is 6.92 Å². The van der Waals surface area contributed by atoms with Crippen LogP contribution in [0.4, 0.5) is 0 Å². The zero-order valence-corrected chi connectivity index (χ0v) is 20.4. The van der Waals surface area contributed by atoms with Crippen molar-refractivity contribution in [3.63, 3.8) is 0 Å². The second kappa shape index (κ2) is 11.0. The molecule has 184 valence electrons. The molecule has 0 N–H and O–H groups in total. The summed E-state index contributed by atoms with van der Waals surface area (Å²) < 4.78 is 2.10. The third kappa shape index (κ3) is 5.53. The number of aromatic nitrogens is 1. The predicted octanol–water partition coefficient (Wildman–Crippen LogP) is 6.01. The van der Waals surface area contributed by atoms with E-state index in [4.69, 9.17) is 4.89 Å². The third-order valence-corrected chi connectivity index (χ3v) is 6.07. The van der Waals surface area contributed by atoms with Crippen molar-refractivity contribution in [2.45, 2.75) is 39.7 Å². The Balaban J connectivity index is 1.76. The molecule has 0 bridgehead atoms. The van der Waals surface area contributed by atoms with Gasteiger partial charge in [0.2, 0.25) is 0 Å². The number of carbonyl (C=O) groups is 3. The Morgan fingerprint density at radius 2 is 1.56 bits per heavy atom. The van der Waals surface area contributed by atoms with Crippen molar-refractivity contribution in [1.29, 1.82) is 0 Å². The maximum absolute atomic E-state index is 12.8. The normalized spacial score (nSPS) is 11.8. The van der Waals surface area contributed by atoms with E-state index >= 15 is 0 Å². The fourth-order valence-electron chi connectivity index (χ4n) is 4.26. The van der Waals surface area contributed by atoms with Crippen LogP contribution in [0.5, 0.6) is 0 Å². The number of fused-ring (bicyclic) bond motifs is 1. The van der Waals surface area contributed by atoms with Gasteiger partial charge in [-0.2, -0.15) is 0 Å². The molecule has 1 heterocycles. The summed E-state index contributed by atoms with van der Waals surface area (Å²) in [4.78, 5) is 44.5. The number of hydrogen-bond acceptors (Lipinski definition) is 6. The van der Waals surface area contributed by atoms with Gasteiger partial charge in [0.05, 0.1) is 5.92 Å². The van der Waals surface area contributed by atoms with Gasteiger partial charge in [-0.15, -0.1) is 0 Å². The van der Waals surface area contributed by atoms with Crippen molar-refractivity contribution >= 4 is 28.6 Å². The summed E-state index contributed by atoms with van der Waals surface area (Å²) in [7, 11) is 0. The van der Waals surface area contributed by atoms with Gasteiger partial charge in [0.25, 0.3) is 0 Å². The highest BCUT2D eigenvalue weighted by atomic mass is 17.5. The van der Waals surface area contributed by atoms with E-state index in [0.717, 1.165) is 40.1 Å². The molecule has 0 amide bonds. The molecule has 4 rings (SSSR count). The Labute approximate surface area is 209 Å². The van der Waals surface area contributed by atoms with Gasteiger partial charge in [-0.1, -0.05) is 67.6 Å². The first kappa shape index (κ1) is 24.9. The number of nitrogens with zero attached hydrogens (tertiary/aromatic N) is 1. The first-order chi connectivity index (χ1) is 17.4. The Morgan fingerprint density at radius 3 is 2.19 bits per heavy atom. The van der Waals surface area contributed by atoms with Gasteiger partial charge in [-0.25, -0.2) is 9.59 Å². The van der Waals surface area contributed by atoms with E-state index in [2.05, 4.69) is 26.6 Å². The lowest BCUT2D eigenvalue weighted by molar-refractivity contribution is -0.459. The maximum atomic E-state index is 12.8. The standard InChI is InChI=1S/C29H27NO6/c1-4-25(29(33)35-36-34-20(3)32)27-18-30(17-21-8-6-5-7-9-21)28-15-14-24(16-26(27)28)23-12-10-22(11-13-23)19(2)31/h5-16,18,25H,4,17H2,1-3H3. The number of benzene rings is 3. The molecule has 0 aliphatic rings. The van der Waals surface area contributed by atoms with Crippen LogP contribution >= 0.6 is 0 Å². The number of ketones is 1. The monoisotopic (exact) mass is 485 g/mol. The lowest BCUT2D eigenvalue weighted by atomic mass is 9.94. The van der Waals surface area contributed by atoms with Gasteiger partial charge < -0.3 is 4.57 Å². The minimum Gasteiger partial charge on any atom is -0.343 e. The molecule has 3 aromatic carbocycles. The SMILES string of the molecule is CCC(C(=O)OOOC(C)=O)c1cn(Cc2ccccc2)c2ccc(-c3ccc(C(C)=O)cc3)cc12. The lowest BCUT2D eigenvalue weighted by Crippen LogP contribution is -2.16. The van der Waals surface area contributed by atoms with Crippen LogP contribution in [0.2, 0.25) is 0 Å². The zero-order valence-electron chi connectivity index (χ0n) is 20.4. The fourth-order valence-corrected chi connectivity index (χ4v) is 4.26. The molecule has 0 saturated carbocycles. The maximum Gasteiger partial charge on any atom is 0.354 e. The number of hydrogen-bond donors (Lipinski definition) is 0. The van der Waals surface area contributed by atoms with Gasteiger partial charge >= 0.3 is 11.9 Å². The highest BCUT2D eigenvalue weighted by molar-refractivity contribution is 5.95. The van der Waals surface area contributed by atoms with Crippen LogP contribution in [-0.2, 0) is 30.9 Å². The summed E-state index contributed by atoms with van der Waals surface area (Å²) in [5.41, 5.74) is 5.43. The van der Waals surface area contributed by atoms with Crippen LogP contribution in [0.3, 0.4) is 0 Å². The van der Waals surface area contributed by atoms with E-state index < -0.39 is 17.9 Å². The van der Waals surface area contributed by atoms with Gasteiger partial charge in [0, 0.05) is 41.2 Å². The van der Waals surface area contributed by atoms with Gasteiger partial charge in [-0.3, -0.25) is 14.6 Å². The second-order valence-electron chi connectivity index (χ2n) is 8.57. The molecule has 1 aromatic heterocycles. The van der Waals surface area contributed by atoms with Crippen molar-refractivity contribution < 1.29 is 29.2 Å². The summed E-state index contributed by atoms with van der Waals surface area (Å²) in [6.45, 7) is 5.19. The highest BCUT2D eigenvalue weighted by Crippen LogP contribution is 2.34. The Kier molecular flexibility index (Phi) is 7.61. The molecule has 7 nitrogen and oxygen atoms in total. The van der Waals surface area contributed by atoms with Crippen LogP contribution in [0.25, 0.3) is 22.0 Å². The molecular weight excluding hydrogens is 458 g/mol. The lowest BCUT2D eigenvalue weighted by Gasteiger charge is -2.12. The summed E-state index contributed by atoms with van der Waals surface area (Å²) in [5, 5.41) is 5.26. The quantitative estimate of drug-likeness (QED) is 0.164. The van der Waals surface area contributed by atoms with E-state index in [1.54, 1.807) is 0 Å². The van der Waals surface area contributed by atoms with Crippen LogP contribution in [0, 0.1) is 0 Å². The Hall–Kier alpha value is -4.23. The summed E-state index contributed by atoms with van der Waals surface area (Å²) >= 11 is 0. The van der Waals surface area contributed by atoms with Crippen molar-refractivity contribution in [2.75, 3.05) is 0 Å². The molecule has 0 aliphatic heterocycles. The minimum atomic E-state index is -0.726. The van der Waals surface area contributed by atoms with Crippen LogP contribution in [-0.4, -0.2) is 22.3 Å². The smallest absolute Gasteiger partial charge is 0.343 e. The summed E-state index contributed by atoms with van der Waals surface area (Å²) in [6.07, 6.45) is 2.41. The molecule has 7 heteroatoms. The molecule has 36 heavy (non-hydrogen) atoms. The molecule has 0 aliphatic carbocycles. The molecular formula is C29H27NO6. The predicted molar refractivity (Wildman–Crippen MR) is 135 cm³/mol. The fraction of sp³-hybridized carbons (Fsp3) is 0.207. The molecule has 1 atom stereocenters. The van der Waals surface area contributed by atoms with Gasteiger partial charge in [-0.05, 0) is 47.7 Å². The third-order valence-electron chi connectivity index (χ3n) is 6.07. The minimum absolute atomic E-state index is 0.0116. The van der Waals surface area contributed by atoms with Crippen LogP contribution in [0.15, 0.2) is 79.0 Å². The largest absolute Gasteiger partial charge is 0.354 e. The zero-order chi connectivity index (χ0) is 25.7. The average Bonchev–Trinajstić information content (AvgIpc) is 3.22. The average molecular weight is 486 g/mol. The van der Waals surface area contributed by atoms with Crippen molar-refractivity contribution in [1.82, 2.24) is 4.57 Å². The molecule has 0 fully saturated rings. The van der Waals surface area contributed by atoms with Crippen molar-refractivity contribution in [2.24, 2.45) is 0 Å². The molecule has 4 aromatic rings. The van der Waals surface area contributed by atoms with Gasteiger partial charge in [0.15, 0.2) is 5.78 Å². The molecule has 0 radical (unpaired) electrons. The second-order valence-corrected chi connectivity index (χ2v) is 8.57. The first-order valence-corrected chi connectivity index (χ1v) is 11.7. The van der Waals surface area contributed by atoms with E-state index in [-0.39, 0.29) is 5.78 Å². The molecule has 0 spiro atoms. The summed E-state index contributed by atoms with van der Waals surface area (Å²) in [5.74, 6) is -2.02.